The Morgan fingerprint density at radius 3 is 2.86 bits per heavy atom. The molecule has 1 aromatic heterocycles. The van der Waals surface area contributed by atoms with E-state index >= 15 is 0 Å². The number of ether oxygens (including phenoxy) is 1. The molecule has 0 saturated carbocycles. The Bertz CT molecular complexity index is 782. The molecule has 0 unspecified atom stereocenters. The van der Waals surface area contributed by atoms with Crippen molar-refractivity contribution in [2.24, 2.45) is 0 Å². The smallest absolute Gasteiger partial charge is 0.324 e. The second-order valence-electron chi connectivity index (χ2n) is 4.43. The number of amides is 2. The monoisotopic (exact) mass is 282 g/mol. The molecule has 106 valence electrons. The van der Waals surface area contributed by atoms with Crippen LogP contribution in [0.1, 0.15) is 0 Å². The van der Waals surface area contributed by atoms with Crippen LogP contribution in [0.5, 0.6) is 5.75 Å². The van der Waals surface area contributed by atoms with Gasteiger partial charge in [0.2, 0.25) is 0 Å². The number of nitrogens with one attached hydrogen (secondary N) is 3. The number of nitrogens with zero attached hydrogens (tertiary/aromatic N) is 1. The number of urea groups is 1. The van der Waals surface area contributed by atoms with Gasteiger partial charge in [-0.3, -0.25) is 10.4 Å². The number of rotatable bonds is 3. The molecule has 6 nitrogen and oxygen atoms in total. The predicted molar refractivity (Wildman–Crippen MR) is 81.7 cm³/mol. The Kier molecular flexibility index (Phi) is 3.42. The maximum Gasteiger partial charge on any atom is 0.324 e. The van der Waals surface area contributed by atoms with Gasteiger partial charge in [-0.2, -0.15) is 5.10 Å². The van der Waals surface area contributed by atoms with E-state index in [0.29, 0.717) is 17.3 Å². The van der Waals surface area contributed by atoms with Crippen molar-refractivity contribution in [2.75, 3.05) is 17.7 Å². The molecule has 2 aromatic carbocycles. The second-order valence-corrected chi connectivity index (χ2v) is 4.43. The van der Waals surface area contributed by atoms with Crippen LogP contribution in [0, 0.1) is 0 Å². The number of carbonyl (C=O) groups is 1. The summed E-state index contributed by atoms with van der Waals surface area (Å²) in [5.41, 5.74) is 1.51. The van der Waals surface area contributed by atoms with Crippen molar-refractivity contribution in [3.8, 4) is 5.75 Å². The zero-order valence-electron chi connectivity index (χ0n) is 11.4. The molecule has 0 aliphatic carbocycles. The molecule has 0 aliphatic heterocycles. The first kappa shape index (κ1) is 13.0. The van der Waals surface area contributed by atoms with Gasteiger partial charge in [0.05, 0.1) is 12.6 Å². The van der Waals surface area contributed by atoms with Crippen molar-refractivity contribution in [3.63, 3.8) is 0 Å². The van der Waals surface area contributed by atoms with Crippen LogP contribution in [0.3, 0.4) is 0 Å². The first-order chi connectivity index (χ1) is 10.3. The minimum Gasteiger partial charge on any atom is -0.497 e. The van der Waals surface area contributed by atoms with Crippen molar-refractivity contribution in [1.29, 1.82) is 0 Å². The Hall–Kier alpha value is -3.02. The van der Waals surface area contributed by atoms with Gasteiger partial charge in [-0.25, -0.2) is 4.79 Å². The minimum atomic E-state index is -0.361. The molecule has 0 saturated heterocycles. The van der Waals surface area contributed by atoms with Gasteiger partial charge >= 0.3 is 6.03 Å². The molecule has 21 heavy (non-hydrogen) atoms. The van der Waals surface area contributed by atoms with Crippen LogP contribution < -0.4 is 15.4 Å². The number of benzene rings is 2. The molecule has 3 rings (SSSR count). The Morgan fingerprint density at radius 2 is 2.00 bits per heavy atom. The van der Waals surface area contributed by atoms with E-state index in [0.717, 1.165) is 10.9 Å². The summed E-state index contributed by atoms with van der Waals surface area (Å²) in [7, 11) is 1.58. The van der Waals surface area contributed by atoms with Crippen LogP contribution in [0.2, 0.25) is 0 Å². The van der Waals surface area contributed by atoms with Crippen molar-refractivity contribution in [1.82, 2.24) is 10.2 Å². The van der Waals surface area contributed by atoms with Gasteiger partial charge in [0.15, 0.2) is 5.82 Å². The van der Waals surface area contributed by atoms with Gasteiger partial charge in [0.25, 0.3) is 0 Å². The van der Waals surface area contributed by atoms with E-state index in [1.165, 1.54) is 0 Å². The van der Waals surface area contributed by atoms with Crippen LogP contribution in [0.4, 0.5) is 16.3 Å². The summed E-state index contributed by atoms with van der Waals surface area (Å²) in [5, 5.41) is 13.3. The van der Waals surface area contributed by atoms with Crippen molar-refractivity contribution in [3.05, 3.63) is 48.5 Å². The molecule has 0 bridgehead atoms. The zero-order chi connectivity index (χ0) is 14.7. The third-order valence-corrected chi connectivity index (χ3v) is 3.03. The third kappa shape index (κ3) is 2.79. The topological polar surface area (TPSA) is 79.0 Å². The lowest BCUT2D eigenvalue weighted by molar-refractivity contribution is 0.262. The van der Waals surface area contributed by atoms with Crippen molar-refractivity contribution in [2.45, 2.75) is 0 Å². The van der Waals surface area contributed by atoms with E-state index in [1.54, 1.807) is 25.3 Å². The normalized spacial score (nSPS) is 10.3. The van der Waals surface area contributed by atoms with Crippen LogP contribution in [0.15, 0.2) is 48.5 Å². The summed E-state index contributed by atoms with van der Waals surface area (Å²) in [5.74, 6) is 1.17. The maximum atomic E-state index is 12.0. The SMILES string of the molecule is COc1cccc(NC(=O)Nc2n[nH]c3ccccc23)c1. The van der Waals surface area contributed by atoms with Gasteiger partial charge in [0, 0.05) is 17.1 Å². The quantitative estimate of drug-likeness (QED) is 0.690. The molecule has 0 atom stereocenters. The lowest BCUT2D eigenvalue weighted by atomic mass is 10.2. The maximum absolute atomic E-state index is 12.0. The lowest BCUT2D eigenvalue weighted by Crippen LogP contribution is -2.19. The van der Waals surface area contributed by atoms with Gasteiger partial charge < -0.3 is 10.1 Å². The molecule has 3 N–H and O–H groups in total. The minimum absolute atomic E-state index is 0.361. The van der Waals surface area contributed by atoms with Crippen LogP contribution in [-0.4, -0.2) is 23.3 Å². The van der Waals surface area contributed by atoms with Crippen LogP contribution in [-0.2, 0) is 0 Å². The number of methoxy groups -OCH3 is 1. The summed E-state index contributed by atoms with van der Waals surface area (Å²) in [4.78, 5) is 12.0. The number of aromatic nitrogens is 2. The number of carbonyl (C=O) groups excluding carboxylic acids is 1. The Morgan fingerprint density at radius 1 is 1.14 bits per heavy atom. The fourth-order valence-corrected chi connectivity index (χ4v) is 2.03. The fraction of sp³-hybridized carbons (Fsp3) is 0.0667. The average molecular weight is 282 g/mol. The third-order valence-electron chi connectivity index (χ3n) is 3.03. The highest BCUT2D eigenvalue weighted by molar-refractivity contribution is 6.04. The molecular weight excluding hydrogens is 268 g/mol. The molecule has 0 spiro atoms. The molecule has 3 aromatic rings. The van der Waals surface area contributed by atoms with Gasteiger partial charge in [-0.15, -0.1) is 0 Å². The summed E-state index contributed by atoms with van der Waals surface area (Å²) in [6, 6.07) is 14.4. The van der Waals surface area contributed by atoms with Crippen molar-refractivity contribution >= 4 is 28.4 Å². The number of H-pyrrole nitrogens is 1. The Balaban J connectivity index is 1.74. The highest BCUT2D eigenvalue weighted by Gasteiger charge is 2.09. The van der Waals surface area contributed by atoms with E-state index in [9.17, 15) is 4.79 Å². The van der Waals surface area contributed by atoms with Crippen molar-refractivity contribution < 1.29 is 9.53 Å². The number of hydrogen-bond donors (Lipinski definition) is 3. The lowest BCUT2D eigenvalue weighted by Gasteiger charge is -2.07. The molecule has 0 fully saturated rings. The van der Waals surface area contributed by atoms with E-state index in [4.69, 9.17) is 4.74 Å². The number of hydrogen-bond acceptors (Lipinski definition) is 3. The van der Waals surface area contributed by atoms with E-state index in [1.807, 2.05) is 30.3 Å². The number of fused-ring (bicyclic) bond motifs is 1. The summed E-state index contributed by atoms with van der Waals surface area (Å²) >= 11 is 0. The van der Waals surface area contributed by atoms with Gasteiger partial charge in [-0.1, -0.05) is 18.2 Å². The van der Waals surface area contributed by atoms with Crippen LogP contribution >= 0.6 is 0 Å². The molecule has 6 heteroatoms. The van der Waals surface area contributed by atoms with Gasteiger partial charge in [0.1, 0.15) is 5.75 Å². The standard InChI is InChI=1S/C15H14N4O2/c1-21-11-6-4-5-10(9-11)16-15(20)17-14-12-7-2-3-8-13(12)18-19-14/h2-9H,1H3,(H3,16,17,18,19,20). The number of para-hydroxylation sites is 1. The predicted octanol–water partition coefficient (Wildman–Crippen LogP) is 3.22. The molecule has 0 aliphatic rings. The molecule has 0 radical (unpaired) electrons. The first-order valence-electron chi connectivity index (χ1n) is 6.41. The fourth-order valence-electron chi connectivity index (χ4n) is 2.03. The number of aromatic amines is 1. The van der Waals surface area contributed by atoms with Crippen LogP contribution in [0.25, 0.3) is 10.9 Å². The molecule has 1 heterocycles. The summed E-state index contributed by atoms with van der Waals surface area (Å²) < 4.78 is 5.11. The Labute approximate surface area is 121 Å². The van der Waals surface area contributed by atoms with Gasteiger partial charge in [-0.05, 0) is 24.3 Å². The van der Waals surface area contributed by atoms with E-state index in [-0.39, 0.29) is 6.03 Å². The average Bonchev–Trinajstić information content (AvgIpc) is 2.91. The largest absolute Gasteiger partial charge is 0.497 e. The summed E-state index contributed by atoms with van der Waals surface area (Å²) in [6.07, 6.45) is 0. The summed E-state index contributed by atoms with van der Waals surface area (Å²) in [6.45, 7) is 0. The highest BCUT2D eigenvalue weighted by atomic mass is 16.5. The van der Waals surface area contributed by atoms with E-state index < -0.39 is 0 Å². The first-order valence-corrected chi connectivity index (χ1v) is 6.41. The second kappa shape index (κ2) is 5.54. The highest BCUT2D eigenvalue weighted by Crippen LogP contribution is 2.20. The number of anilines is 2. The molecule has 2 amide bonds. The zero-order valence-corrected chi connectivity index (χ0v) is 11.4. The van der Waals surface area contributed by atoms with E-state index in [2.05, 4.69) is 20.8 Å². The molecular formula is C15H14N4O2.